The molecule has 0 N–H and O–H groups in total. The van der Waals surface area contributed by atoms with Gasteiger partial charge in [0.25, 0.3) is 0 Å². The minimum atomic E-state index is -0.620. The molecule has 9 heteroatoms. The van der Waals surface area contributed by atoms with E-state index < -0.39 is 39.9 Å². The van der Waals surface area contributed by atoms with Crippen molar-refractivity contribution in [3.05, 3.63) is 435 Å². The van der Waals surface area contributed by atoms with Crippen LogP contribution in [0, 0.1) is 34.9 Å². The first-order chi connectivity index (χ1) is 59.4. The average Bonchev–Trinajstić information content (AvgIpc) is 0.798. The van der Waals surface area contributed by atoms with Gasteiger partial charge in [-0.05, 0) is 257 Å². The minimum Gasteiger partial charge on any atom is -0.331 e. The van der Waals surface area contributed by atoms with Crippen molar-refractivity contribution in [3.63, 3.8) is 0 Å². The Morgan fingerprint density at radius 3 is 0.878 bits per heavy atom. The van der Waals surface area contributed by atoms with Gasteiger partial charge in [-0.2, -0.15) is 0 Å². The van der Waals surface area contributed by atoms with Gasteiger partial charge in [0.1, 0.15) is 23.3 Å². The summed E-state index contributed by atoms with van der Waals surface area (Å²) in [5.41, 5.74) is 16.2. The summed E-state index contributed by atoms with van der Waals surface area (Å²) in [7, 11) is 0. The first-order valence-electron chi connectivity index (χ1n) is 41.5. The van der Waals surface area contributed by atoms with E-state index in [4.69, 9.17) is 0 Å². The third-order valence-corrected chi connectivity index (χ3v) is 22.4. The summed E-state index contributed by atoms with van der Waals surface area (Å²) in [6.07, 6.45) is 0. The van der Waals surface area contributed by atoms with Gasteiger partial charge in [-0.25, -0.2) is 26.3 Å². The van der Waals surface area contributed by atoms with Crippen LogP contribution < -0.4 is 14.7 Å². The number of para-hydroxylation sites is 3. The monoisotopic (exact) mass is 1620 g/mol. The minimum absolute atomic E-state index is 0.330. The summed E-state index contributed by atoms with van der Waals surface area (Å²) in [5, 5.41) is 7.14. The Bertz CT molecular complexity index is 6810. The molecule has 0 aliphatic rings. The van der Waals surface area contributed by atoms with E-state index in [2.05, 4.69) is 121 Å². The zero-order valence-corrected chi connectivity index (χ0v) is 70.2. The van der Waals surface area contributed by atoms with Crippen LogP contribution in [0.4, 0.5) is 60.5 Å². The quantitative estimate of drug-likeness (QED) is 0.0947. The standard InChI is InChI=1S/3C38H31F2N/c1-38(2,3)41(35-16-10-9-15-33(35)39)37-34(40)24-23-32(36(37)29-12-5-4-6-13-29)28-20-17-27(18-21-28)31-22-19-26-11-7-8-14-30(26)25-31;1-38(2,3)41(34-16-10-9-15-33(34)39)35-24-23-32(28-12-5-4-6-13-28)36(37(35)40)29-20-17-27(18-21-29)31-22-19-26-11-7-8-14-30(26)25-31;1-38(2,3)41(35-16-10-9-15-34(35)39)36-25-32(26-11-5-4-6-12-26)24-33(37(36)40)29-20-17-28(18-21-29)31-22-19-27-13-7-8-14-30(27)23-31/h3*4-25H,1-3H3. The van der Waals surface area contributed by atoms with Crippen molar-refractivity contribution in [1.29, 1.82) is 0 Å². The second-order valence-electron chi connectivity index (χ2n) is 33.9. The smallest absolute Gasteiger partial charge is 0.155 e. The number of benzene rings is 18. The molecule has 0 aliphatic carbocycles. The summed E-state index contributed by atoms with van der Waals surface area (Å²) in [6, 6.07) is 129. The number of halogens is 6. The highest BCUT2D eigenvalue weighted by Crippen LogP contribution is 2.50. The highest BCUT2D eigenvalue weighted by atomic mass is 19.1. The van der Waals surface area contributed by atoms with Crippen LogP contribution in [0.5, 0.6) is 0 Å². The van der Waals surface area contributed by atoms with Crippen LogP contribution in [0.25, 0.3) is 132 Å². The van der Waals surface area contributed by atoms with Gasteiger partial charge in [-0.3, -0.25) is 0 Å². The number of rotatable bonds is 15. The predicted octanol–water partition coefficient (Wildman–Crippen LogP) is 33.2. The largest absolute Gasteiger partial charge is 0.331 e. The zero-order valence-electron chi connectivity index (χ0n) is 70.2. The van der Waals surface area contributed by atoms with Crippen molar-refractivity contribution < 1.29 is 26.3 Å². The molecule has 0 saturated carbocycles. The summed E-state index contributed by atoms with van der Waals surface area (Å²) in [5.74, 6) is -2.36. The maximum absolute atomic E-state index is 16.9. The van der Waals surface area contributed by atoms with E-state index in [0.29, 0.717) is 45.3 Å². The Hall–Kier alpha value is -14.3. The van der Waals surface area contributed by atoms with Crippen molar-refractivity contribution in [2.75, 3.05) is 14.7 Å². The SMILES string of the molecule is CC(C)(C)N(c1ccccc1F)c1c(F)ccc(-c2ccc(-c3ccc4ccccc4c3)cc2)c1-c1ccccc1.CC(C)(C)N(c1ccccc1F)c1cc(-c2ccccc2)cc(-c2ccc(-c3ccc4ccccc4c3)cc2)c1F.CC(C)(C)N(c1ccccc1F)c1ccc(-c2ccccc2)c(-c2ccc(-c3ccc4ccccc4c3)cc2)c1F. The summed E-state index contributed by atoms with van der Waals surface area (Å²) in [6.45, 7) is 17.7. The van der Waals surface area contributed by atoms with Crippen LogP contribution in [-0.4, -0.2) is 16.6 Å². The molecule has 0 fully saturated rings. The lowest BCUT2D eigenvalue weighted by Gasteiger charge is -2.39. The molecule has 3 nitrogen and oxygen atoms in total. The van der Waals surface area contributed by atoms with E-state index in [1.165, 1.54) is 56.6 Å². The van der Waals surface area contributed by atoms with Gasteiger partial charge in [0.15, 0.2) is 11.6 Å². The Morgan fingerprint density at radius 1 is 0.171 bits per heavy atom. The van der Waals surface area contributed by atoms with Crippen LogP contribution >= 0.6 is 0 Å². The van der Waals surface area contributed by atoms with Gasteiger partial charge < -0.3 is 14.7 Å². The van der Waals surface area contributed by atoms with Crippen LogP contribution in [0.15, 0.2) is 400 Å². The summed E-state index contributed by atoms with van der Waals surface area (Å²) < 4.78 is 95.3. The van der Waals surface area contributed by atoms with Gasteiger partial charge in [0.05, 0.1) is 34.1 Å². The molecule has 0 spiro atoms. The number of fused-ring (bicyclic) bond motifs is 3. The maximum atomic E-state index is 16.9. The molecule has 0 amide bonds. The first-order valence-corrected chi connectivity index (χ1v) is 41.5. The molecule has 123 heavy (non-hydrogen) atoms. The number of nitrogens with zero attached hydrogens (tertiary/aromatic N) is 3. The third kappa shape index (κ3) is 17.7. The van der Waals surface area contributed by atoms with E-state index in [1.54, 1.807) is 75.4 Å². The van der Waals surface area contributed by atoms with Crippen molar-refractivity contribution >= 4 is 66.4 Å². The zero-order chi connectivity index (χ0) is 85.7. The van der Waals surface area contributed by atoms with Crippen LogP contribution in [0.3, 0.4) is 0 Å². The van der Waals surface area contributed by atoms with Gasteiger partial charge in [0.2, 0.25) is 0 Å². The third-order valence-electron chi connectivity index (χ3n) is 22.4. The highest BCUT2D eigenvalue weighted by Gasteiger charge is 2.35. The molecule has 18 rings (SSSR count). The second-order valence-corrected chi connectivity index (χ2v) is 33.9. The molecule has 18 aromatic rings. The number of hydrogen-bond donors (Lipinski definition) is 0. The molecular formula is C114H93F6N3. The van der Waals surface area contributed by atoms with Gasteiger partial charge in [-0.15, -0.1) is 0 Å². The Morgan fingerprint density at radius 2 is 0.463 bits per heavy atom. The lowest BCUT2D eigenvalue weighted by Crippen LogP contribution is -2.39. The van der Waals surface area contributed by atoms with Gasteiger partial charge >= 0.3 is 0 Å². The van der Waals surface area contributed by atoms with Crippen LogP contribution in [0.1, 0.15) is 62.3 Å². The molecule has 0 heterocycles. The van der Waals surface area contributed by atoms with E-state index in [-0.39, 0.29) is 11.6 Å². The molecule has 0 bridgehead atoms. The lowest BCUT2D eigenvalue weighted by atomic mass is 9.89. The molecule has 18 aromatic carbocycles. The fourth-order valence-corrected chi connectivity index (χ4v) is 16.6. The van der Waals surface area contributed by atoms with E-state index >= 15 is 26.3 Å². The van der Waals surface area contributed by atoms with Gasteiger partial charge in [-0.1, -0.05) is 322 Å². The topological polar surface area (TPSA) is 9.72 Å². The molecule has 0 unspecified atom stereocenters. The first kappa shape index (κ1) is 82.4. The molecule has 0 atom stereocenters. The highest BCUT2D eigenvalue weighted by molar-refractivity contribution is 5.97. The normalized spacial score (nSPS) is 11.5. The molecular weight excluding hydrogens is 1530 g/mol. The van der Waals surface area contributed by atoms with Crippen molar-refractivity contribution in [2.24, 2.45) is 0 Å². The lowest BCUT2D eigenvalue weighted by molar-refractivity contribution is 0.527. The molecule has 0 radical (unpaired) electrons. The number of anilines is 6. The van der Waals surface area contributed by atoms with E-state index in [9.17, 15) is 0 Å². The maximum Gasteiger partial charge on any atom is 0.155 e. The van der Waals surface area contributed by atoms with Gasteiger partial charge in [0, 0.05) is 33.3 Å². The Labute approximate surface area is 717 Å². The molecule has 0 saturated heterocycles. The average molecular weight is 1620 g/mol. The summed E-state index contributed by atoms with van der Waals surface area (Å²) in [4.78, 5) is 5.30. The molecule has 0 aromatic heterocycles. The van der Waals surface area contributed by atoms with E-state index in [0.717, 1.165) is 89.0 Å². The van der Waals surface area contributed by atoms with E-state index in [1.807, 2.05) is 256 Å². The Balaban J connectivity index is 0.000000137. The summed E-state index contributed by atoms with van der Waals surface area (Å²) >= 11 is 0. The fraction of sp³-hybridized carbons (Fsp3) is 0.105. The predicted molar refractivity (Wildman–Crippen MR) is 506 cm³/mol. The molecule has 0 aliphatic heterocycles. The van der Waals surface area contributed by atoms with Crippen molar-refractivity contribution in [3.8, 4) is 100 Å². The molecule has 606 valence electrons. The van der Waals surface area contributed by atoms with Crippen molar-refractivity contribution in [2.45, 2.75) is 78.9 Å². The number of hydrogen-bond acceptors (Lipinski definition) is 3. The van der Waals surface area contributed by atoms with Crippen LogP contribution in [-0.2, 0) is 0 Å². The van der Waals surface area contributed by atoms with Crippen LogP contribution in [0.2, 0.25) is 0 Å². The fourth-order valence-electron chi connectivity index (χ4n) is 16.6. The van der Waals surface area contributed by atoms with Crippen molar-refractivity contribution in [1.82, 2.24) is 0 Å². The second kappa shape index (κ2) is 35.2. The Kier molecular flexibility index (Phi) is 23.6.